The van der Waals surface area contributed by atoms with E-state index in [9.17, 15) is 0 Å². The average molecular weight is 1640 g/mol. The summed E-state index contributed by atoms with van der Waals surface area (Å²) in [5.41, 5.74) is 19.1. The highest BCUT2D eigenvalue weighted by Crippen LogP contribution is 2.45. The number of aromatic nitrogens is 12. The lowest BCUT2D eigenvalue weighted by atomic mass is 10.0. The van der Waals surface area contributed by atoms with Crippen molar-refractivity contribution in [3.05, 3.63) is 425 Å². The first kappa shape index (κ1) is 73.7. The Bertz CT molecular complexity index is 8200. The van der Waals surface area contributed by atoms with Gasteiger partial charge in [0.05, 0.1) is 33.1 Å². The second kappa shape index (κ2) is 31.6. The van der Waals surface area contributed by atoms with E-state index in [1.54, 1.807) is 0 Å². The van der Waals surface area contributed by atoms with Crippen molar-refractivity contribution in [2.45, 2.75) is 0 Å². The topological polar surface area (TPSA) is 131 Å². The average Bonchev–Trinajstić information content (AvgIpc) is 1.58. The largest absolute Gasteiger partial charge is 0.309 e. The smallest absolute Gasteiger partial charge is 0.238 e. The van der Waals surface area contributed by atoms with Gasteiger partial charge in [-0.2, -0.15) is 9.97 Å². The van der Waals surface area contributed by atoms with Gasteiger partial charge in [-0.15, -0.1) is 22.7 Å². The van der Waals surface area contributed by atoms with Crippen LogP contribution in [0.25, 0.3) is 225 Å². The van der Waals surface area contributed by atoms with Gasteiger partial charge in [-0.1, -0.05) is 315 Å². The molecule has 25 rings (SSSR count). The van der Waals surface area contributed by atoms with Crippen LogP contribution in [0, 0.1) is 0 Å². The zero-order chi connectivity index (χ0) is 82.7. The number of hydrogen-bond donors (Lipinski definition) is 0. The highest BCUT2D eigenvalue weighted by atomic mass is 32.1. The van der Waals surface area contributed by atoms with Gasteiger partial charge in [0.15, 0.2) is 46.6 Å². The first-order valence-electron chi connectivity index (χ1n) is 41.6. The molecule has 0 N–H and O–H groups in total. The summed E-state index contributed by atoms with van der Waals surface area (Å²) in [4.78, 5) is 44.3. The van der Waals surface area contributed by atoms with Crippen LogP contribution in [-0.4, -0.2) is 58.6 Å². The predicted molar refractivity (Wildman–Crippen MR) is 517 cm³/mol. The van der Waals surface area contributed by atoms with E-state index in [-0.39, 0.29) is 0 Å². The summed E-state index contributed by atoms with van der Waals surface area (Å²) >= 11 is 3.68. The summed E-state index contributed by atoms with van der Waals surface area (Å²) < 4.78 is 12.1. The van der Waals surface area contributed by atoms with Crippen molar-refractivity contribution in [2.24, 2.45) is 0 Å². The number of thiophene rings is 2. The Balaban J connectivity index is 0.000000108. The molecule has 17 aromatic carbocycles. The van der Waals surface area contributed by atoms with E-state index >= 15 is 0 Å². The molecule has 25 aromatic rings. The molecule has 0 aliphatic rings. The molecule has 0 radical (unpaired) electrons. The summed E-state index contributed by atoms with van der Waals surface area (Å²) in [7, 11) is 0. The third-order valence-corrected chi connectivity index (χ3v) is 25.4. The van der Waals surface area contributed by atoms with Crippen LogP contribution < -0.4 is 0 Å². The van der Waals surface area contributed by atoms with Crippen molar-refractivity contribution in [1.82, 2.24) is 58.6 Å². The summed E-state index contributed by atoms with van der Waals surface area (Å²) in [6.07, 6.45) is 0. The molecule has 0 amide bonds. The molecule has 8 aromatic heterocycles. The quantitative estimate of drug-likeness (QED) is 0.117. The number of para-hydroxylation sites is 3. The van der Waals surface area contributed by atoms with E-state index in [1.807, 2.05) is 205 Å². The maximum Gasteiger partial charge on any atom is 0.238 e. The van der Waals surface area contributed by atoms with Crippen molar-refractivity contribution in [3.8, 4) is 120 Å². The Labute approximate surface area is 726 Å². The van der Waals surface area contributed by atoms with Gasteiger partial charge in [0, 0.05) is 129 Å². The molecule has 14 heteroatoms. The van der Waals surface area contributed by atoms with Crippen molar-refractivity contribution in [1.29, 1.82) is 0 Å². The second-order valence-corrected chi connectivity index (χ2v) is 32.9. The summed E-state index contributed by atoms with van der Waals surface area (Å²) in [5, 5.41) is 12.6. The first-order valence-corrected chi connectivity index (χ1v) is 43.2. The van der Waals surface area contributed by atoms with E-state index in [2.05, 4.69) is 256 Å². The van der Waals surface area contributed by atoms with Crippen LogP contribution in [0.4, 0.5) is 0 Å². The number of rotatable bonds is 12. The number of hydrogen-bond acceptors (Lipinski definition) is 11. The second-order valence-electron chi connectivity index (χ2n) is 30.8. The van der Waals surface area contributed by atoms with Crippen molar-refractivity contribution >= 4 is 128 Å². The summed E-state index contributed by atoms with van der Waals surface area (Å²) in [6, 6.07) is 147. The predicted octanol–water partition coefficient (Wildman–Crippen LogP) is 28.6. The van der Waals surface area contributed by atoms with Gasteiger partial charge in [0.1, 0.15) is 0 Å². The number of nitrogens with zero attached hydrogens (tertiary/aromatic N) is 12. The zero-order valence-electron chi connectivity index (χ0n) is 67.1. The molecule has 0 saturated carbocycles. The highest BCUT2D eigenvalue weighted by Gasteiger charge is 2.23. The molecular formula is C111H70N12S2. The van der Waals surface area contributed by atoms with Gasteiger partial charge < -0.3 is 9.13 Å². The van der Waals surface area contributed by atoms with Gasteiger partial charge in [0.25, 0.3) is 0 Å². The monoisotopic (exact) mass is 1630 g/mol. The molecule has 0 aliphatic heterocycles. The van der Waals surface area contributed by atoms with Crippen LogP contribution in [0.2, 0.25) is 0 Å². The molecule has 8 heterocycles. The Hall–Kier alpha value is -16.4. The van der Waals surface area contributed by atoms with Gasteiger partial charge in [0.2, 0.25) is 5.95 Å². The van der Waals surface area contributed by atoms with Gasteiger partial charge in [-0.3, -0.25) is 4.57 Å². The number of benzene rings is 17. The van der Waals surface area contributed by atoms with Crippen LogP contribution in [-0.2, 0) is 0 Å². The molecule has 0 aliphatic carbocycles. The Morgan fingerprint density at radius 2 is 0.392 bits per heavy atom. The van der Waals surface area contributed by atoms with E-state index in [1.165, 1.54) is 106 Å². The van der Waals surface area contributed by atoms with Crippen LogP contribution in [0.3, 0.4) is 0 Å². The fourth-order valence-electron chi connectivity index (χ4n) is 17.2. The van der Waals surface area contributed by atoms with Crippen LogP contribution in [0.15, 0.2) is 425 Å². The molecule has 586 valence electrons. The van der Waals surface area contributed by atoms with Crippen molar-refractivity contribution < 1.29 is 0 Å². The number of fused-ring (bicyclic) bond motifs is 15. The minimum atomic E-state index is 0.615. The maximum absolute atomic E-state index is 5.04. The Morgan fingerprint density at radius 1 is 0.144 bits per heavy atom. The Kier molecular flexibility index (Phi) is 18.7. The zero-order valence-corrected chi connectivity index (χ0v) is 68.7. The molecule has 12 nitrogen and oxygen atoms in total. The standard InChI is InChI=1S/C39H24N4S.C39H26N4.C33H20N4S/c1-3-11-25(12-4-1)37-40-38(26-13-5-2-6-14-26)42-39(41-37)27-19-21-28(22-20-27)43-33-17-9-7-15-29(33)31-23-32-30-16-8-10-18-35(30)44-36(32)24-34(31)43;1-4-12-27(13-5-1)31-22-25-34-33-18-10-11-19-35(33)43(36(34)26-31)32-23-20-30(21-24-32)39-41-37(28-14-6-2-7-15-28)40-38(42-39)29-16-8-3-9-17-29;1-3-11-21(12-4-1)31-34-32(22-13-5-2-6-14-22)36-33(35-31)37-27-17-9-7-15-23(27)25-19-26-24-16-8-10-18-29(24)38-30(26)20-28(25)37/h1-24H;1-26H;1-20H. The third kappa shape index (κ3) is 13.7. The lowest BCUT2D eigenvalue weighted by molar-refractivity contribution is 0.954. The van der Waals surface area contributed by atoms with Crippen LogP contribution in [0.1, 0.15) is 0 Å². The van der Waals surface area contributed by atoms with Crippen molar-refractivity contribution in [2.75, 3.05) is 0 Å². The van der Waals surface area contributed by atoms with Gasteiger partial charge >= 0.3 is 0 Å². The lowest BCUT2D eigenvalue weighted by Gasteiger charge is -2.11. The molecule has 0 atom stereocenters. The van der Waals surface area contributed by atoms with Gasteiger partial charge in [-0.25, -0.2) is 34.9 Å². The van der Waals surface area contributed by atoms with Crippen LogP contribution >= 0.6 is 22.7 Å². The minimum Gasteiger partial charge on any atom is -0.309 e. The third-order valence-electron chi connectivity index (χ3n) is 23.2. The SMILES string of the molecule is c1ccc(-c2ccc3c4ccccc4n(-c4ccc(-c5nc(-c6ccccc6)nc(-c6ccccc6)n5)cc4)c3c2)cc1.c1ccc(-c2nc(-c3ccccc3)nc(-c3ccc(-n4c5ccccc5c5cc6c(cc54)sc4ccccc46)cc3)n2)cc1.c1ccc(-c2nc(-c3ccccc3)nc(-n3c4ccccc4c4cc5c(cc43)sc3ccccc35)n2)cc1. The van der Waals surface area contributed by atoms with Gasteiger partial charge in [-0.05, 0) is 120 Å². The molecule has 125 heavy (non-hydrogen) atoms. The summed E-state index contributed by atoms with van der Waals surface area (Å²) in [5.74, 6) is 5.86. The molecule has 0 unspecified atom stereocenters. The minimum absolute atomic E-state index is 0.615. The van der Waals surface area contributed by atoms with Crippen molar-refractivity contribution in [3.63, 3.8) is 0 Å². The fraction of sp³-hybridized carbons (Fsp3) is 0. The van der Waals surface area contributed by atoms with E-state index in [4.69, 9.17) is 44.9 Å². The molecule has 0 bridgehead atoms. The summed E-state index contributed by atoms with van der Waals surface area (Å²) in [6.45, 7) is 0. The first-order chi connectivity index (χ1) is 61.9. The Morgan fingerprint density at radius 3 is 0.744 bits per heavy atom. The fourth-order valence-corrected chi connectivity index (χ4v) is 19.5. The van der Waals surface area contributed by atoms with E-state index in [0.29, 0.717) is 52.5 Å². The van der Waals surface area contributed by atoms with E-state index < -0.39 is 0 Å². The highest BCUT2D eigenvalue weighted by molar-refractivity contribution is 7.26. The molecule has 0 spiro atoms. The van der Waals surface area contributed by atoms with Crippen LogP contribution in [0.5, 0.6) is 0 Å². The maximum atomic E-state index is 5.04. The van der Waals surface area contributed by atoms with E-state index in [0.717, 1.165) is 66.9 Å². The molecule has 0 saturated heterocycles. The normalized spacial score (nSPS) is 11.5. The molecular weight excluding hydrogens is 1570 g/mol. The molecule has 0 fully saturated rings. The lowest BCUT2D eigenvalue weighted by Crippen LogP contribution is -2.06.